The zero-order chi connectivity index (χ0) is 9.90. The van der Waals surface area contributed by atoms with Crippen LogP contribution in [0.15, 0.2) is 24.3 Å². The third-order valence-corrected chi connectivity index (χ3v) is 2.18. The van der Waals surface area contributed by atoms with E-state index in [0.717, 1.165) is 6.42 Å². The van der Waals surface area contributed by atoms with Crippen LogP contribution in [-0.4, -0.2) is 5.11 Å². The smallest absolute Gasteiger partial charge is 0.123 e. The summed E-state index contributed by atoms with van der Waals surface area (Å²) in [5.74, 6) is -0.297. The molecule has 0 saturated heterocycles. The summed E-state index contributed by atoms with van der Waals surface area (Å²) in [6, 6.07) is 6.13. The summed E-state index contributed by atoms with van der Waals surface area (Å²) in [6.45, 7) is 3.71. The molecule has 1 unspecified atom stereocenters. The average Bonchev–Trinajstić information content (AvgIpc) is 2.04. The standard InChI is InChI=1S/C11H15FO/c1-3-7-11(2,13)9-5-4-6-10(12)8-9/h4-6,8,13H,3,7H2,1-2H3. The quantitative estimate of drug-likeness (QED) is 0.762. The Bertz CT molecular complexity index is 281. The second kappa shape index (κ2) is 3.88. The molecule has 1 aromatic rings. The van der Waals surface area contributed by atoms with Crippen molar-refractivity contribution in [2.45, 2.75) is 32.3 Å². The van der Waals surface area contributed by atoms with Crippen molar-refractivity contribution in [2.24, 2.45) is 0 Å². The van der Waals surface area contributed by atoms with E-state index in [9.17, 15) is 9.50 Å². The Balaban J connectivity index is 2.93. The number of aliphatic hydroxyl groups is 1. The summed E-state index contributed by atoms with van der Waals surface area (Å²) in [6.07, 6.45) is 1.53. The molecule has 0 radical (unpaired) electrons. The van der Waals surface area contributed by atoms with Gasteiger partial charge >= 0.3 is 0 Å². The van der Waals surface area contributed by atoms with Crippen LogP contribution in [0.4, 0.5) is 4.39 Å². The Morgan fingerprint density at radius 2 is 2.15 bits per heavy atom. The van der Waals surface area contributed by atoms with Gasteiger partial charge < -0.3 is 5.11 Å². The van der Waals surface area contributed by atoms with E-state index in [1.54, 1.807) is 19.1 Å². The first kappa shape index (κ1) is 10.2. The van der Waals surface area contributed by atoms with Crippen molar-refractivity contribution < 1.29 is 9.50 Å². The third kappa shape index (κ3) is 2.52. The molecule has 1 N–H and O–H groups in total. The molecule has 0 aliphatic rings. The number of rotatable bonds is 3. The van der Waals surface area contributed by atoms with Crippen LogP contribution < -0.4 is 0 Å². The lowest BCUT2D eigenvalue weighted by atomic mass is 9.91. The van der Waals surface area contributed by atoms with Crippen LogP contribution in [0.2, 0.25) is 0 Å². The van der Waals surface area contributed by atoms with Gasteiger partial charge in [0.15, 0.2) is 0 Å². The molecule has 0 saturated carbocycles. The average molecular weight is 182 g/mol. The van der Waals surface area contributed by atoms with Gasteiger partial charge in [0.1, 0.15) is 5.82 Å². The maximum Gasteiger partial charge on any atom is 0.123 e. The summed E-state index contributed by atoms with van der Waals surface area (Å²) in [7, 11) is 0. The second-order valence-corrected chi connectivity index (χ2v) is 3.53. The molecule has 1 nitrogen and oxygen atoms in total. The van der Waals surface area contributed by atoms with E-state index in [1.165, 1.54) is 12.1 Å². The van der Waals surface area contributed by atoms with E-state index >= 15 is 0 Å². The zero-order valence-electron chi connectivity index (χ0n) is 8.05. The van der Waals surface area contributed by atoms with Crippen molar-refractivity contribution in [2.75, 3.05) is 0 Å². The van der Waals surface area contributed by atoms with E-state index in [0.29, 0.717) is 12.0 Å². The highest BCUT2D eigenvalue weighted by Gasteiger charge is 2.21. The van der Waals surface area contributed by atoms with Crippen LogP contribution >= 0.6 is 0 Å². The molecule has 13 heavy (non-hydrogen) atoms. The van der Waals surface area contributed by atoms with Crippen LogP contribution in [0.25, 0.3) is 0 Å². The fraction of sp³-hybridized carbons (Fsp3) is 0.455. The van der Waals surface area contributed by atoms with E-state index in [-0.39, 0.29) is 5.82 Å². The highest BCUT2D eigenvalue weighted by Crippen LogP contribution is 2.25. The van der Waals surface area contributed by atoms with Crippen molar-refractivity contribution in [3.05, 3.63) is 35.6 Å². The molecular formula is C11H15FO. The van der Waals surface area contributed by atoms with Gasteiger partial charge in [0, 0.05) is 0 Å². The first-order chi connectivity index (χ1) is 6.06. The van der Waals surface area contributed by atoms with E-state index < -0.39 is 5.60 Å². The van der Waals surface area contributed by atoms with Crippen molar-refractivity contribution in [1.82, 2.24) is 0 Å². The van der Waals surface area contributed by atoms with Crippen molar-refractivity contribution in [3.8, 4) is 0 Å². The van der Waals surface area contributed by atoms with E-state index in [4.69, 9.17) is 0 Å². The van der Waals surface area contributed by atoms with Gasteiger partial charge in [-0.05, 0) is 31.0 Å². The molecule has 0 aliphatic carbocycles. The molecule has 0 fully saturated rings. The number of hydrogen-bond acceptors (Lipinski definition) is 1. The molecule has 72 valence electrons. The van der Waals surface area contributed by atoms with Gasteiger partial charge in [-0.25, -0.2) is 4.39 Å². The Labute approximate surface area is 78.2 Å². The maximum atomic E-state index is 12.8. The molecule has 1 rings (SSSR count). The molecule has 0 spiro atoms. The van der Waals surface area contributed by atoms with Gasteiger partial charge in [-0.15, -0.1) is 0 Å². The van der Waals surface area contributed by atoms with E-state index in [1.807, 2.05) is 6.92 Å². The number of benzene rings is 1. The highest BCUT2D eigenvalue weighted by molar-refractivity contribution is 5.22. The van der Waals surface area contributed by atoms with Crippen LogP contribution in [0.5, 0.6) is 0 Å². The van der Waals surface area contributed by atoms with Crippen LogP contribution in [0.3, 0.4) is 0 Å². The molecule has 0 bridgehead atoms. The highest BCUT2D eigenvalue weighted by atomic mass is 19.1. The Morgan fingerprint density at radius 1 is 1.46 bits per heavy atom. The Hall–Kier alpha value is -0.890. The maximum absolute atomic E-state index is 12.8. The minimum atomic E-state index is -0.906. The lowest BCUT2D eigenvalue weighted by Gasteiger charge is -2.23. The zero-order valence-corrected chi connectivity index (χ0v) is 8.05. The van der Waals surface area contributed by atoms with Crippen LogP contribution in [0, 0.1) is 5.82 Å². The normalized spacial score (nSPS) is 15.4. The molecule has 0 aliphatic heterocycles. The van der Waals surface area contributed by atoms with Gasteiger partial charge in [-0.1, -0.05) is 25.5 Å². The third-order valence-electron chi connectivity index (χ3n) is 2.18. The summed E-state index contributed by atoms with van der Waals surface area (Å²) in [5, 5.41) is 9.94. The molecular weight excluding hydrogens is 167 g/mol. The van der Waals surface area contributed by atoms with Crippen LogP contribution in [0.1, 0.15) is 32.3 Å². The minimum Gasteiger partial charge on any atom is -0.385 e. The topological polar surface area (TPSA) is 20.2 Å². The van der Waals surface area contributed by atoms with Crippen molar-refractivity contribution in [3.63, 3.8) is 0 Å². The first-order valence-electron chi connectivity index (χ1n) is 4.54. The molecule has 1 aromatic carbocycles. The summed E-state index contributed by atoms with van der Waals surface area (Å²) >= 11 is 0. The van der Waals surface area contributed by atoms with Gasteiger partial charge in [-0.2, -0.15) is 0 Å². The monoisotopic (exact) mass is 182 g/mol. The van der Waals surface area contributed by atoms with Gasteiger partial charge in [0.05, 0.1) is 5.60 Å². The SMILES string of the molecule is CCCC(C)(O)c1cccc(F)c1. The Kier molecular flexibility index (Phi) is 3.04. The lowest BCUT2D eigenvalue weighted by Crippen LogP contribution is -2.20. The first-order valence-corrected chi connectivity index (χ1v) is 4.54. The number of halogens is 1. The fourth-order valence-corrected chi connectivity index (χ4v) is 1.45. The summed E-state index contributed by atoms with van der Waals surface area (Å²) in [4.78, 5) is 0. The van der Waals surface area contributed by atoms with E-state index in [2.05, 4.69) is 0 Å². The lowest BCUT2D eigenvalue weighted by molar-refractivity contribution is 0.0466. The molecule has 0 heterocycles. The summed E-state index contributed by atoms with van der Waals surface area (Å²) in [5.41, 5.74) is -0.258. The van der Waals surface area contributed by atoms with Gasteiger partial charge in [0.25, 0.3) is 0 Å². The van der Waals surface area contributed by atoms with Crippen LogP contribution in [-0.2, 0) is 5.60 Å². The molecule has 0 amide bonds. The number of hydrogen-bond donors (Lipinski definition) is 1. The Morgan fingerprint density at radius 3 is 2.69 bits per heavy atom. The predicted molar refractivity (Wildman–Crippen MR) is 50.9 cm³/mol. The minimum absolute atomic E-state index is 0.297. The molecule has 0 aromatic heterocycles. The van der Waals surface area contributed by atoms with Gasteiger partial charge in [0.2, 0.25) is 0 Å². The van der Waals surface area contributed by atoms with Crippen molar-refractivity contribution in [1.29, 1.82) is 0 Å². The molecule has 2 heteroatoms. The van der Waals surface area contributed by atoms with Crippen molar-refractivity contribution >= 4 is 0 Å². The largest absolute Gasteiger partial charge is 0.385 e. The predicted octanol–water partition coefficient (Wildman–Crippen LogP) is 2.83. The fourth-order valence-electron chi connectivity index (χ4n) is 1.45. The second-order valence-electron chi connectivity index (χ2n) is 3.53. The summed E-state index contributed by atoms with van der Waals surface area (Å²) < 4.78 is 12.8. The molecule has 1 atom stereocenters. The van der Waals surface area contributed by atoms with Gasteiger partial charge in [-0.3, -0.25) is 0 Å².